The molecule has 0 aliphatic carbocycles. The molecule has 0 atom stereocenters. The normalized spacial score (nSPS) is 11.0. The number of anilines is 1. The van der Waals surface area contributed by atoms with Gasteiger partial charge in [0.2, 0.25) is 5.91 Å². The van der Waals surface area contributed by atoms with Gasteiger partial charge in [-0.1, -0.05) is 35.0 Å². The molecule has 0 spiro atoms. The SMILES string of the molecule is CCn1c(SCC(=O)Nc2ccc(Cl)cc2Cl)nnc1-c1csc(C)c1C. The van der Waals surface area contributed by atoms with Gasteiger partial charge in [-0.15, -0.1) is 21.5 Å². The molecule has 0 saturated carbocycles. The first-order chi connectivity index (χ1) is 12.9. The number of nitrogens with zero attached hydrogens (tertiary/aromatic N) is 3. The molecule has 27 heavy (non-hydrogen) atoms. The van der Waals surface area contributed by atoms with E-state index in [0.717, 1.165) is 17.9 Å². The maximum absolute atomic E-state index is 12.3. The third kappa shape index (κ3) is 4.48. The van der Waals surface area contributed by atoms with Crippen LogP contribution in [0.5, 0.6) is 0 Å². The number of aromatic nitrogens is 3. The van der Waals surface area contributed by atoms with Crippen LogP contribution in [0.15, 0.2) is 28.7 Å². The van der Waals surface area contributed by atoms with E-state index in [-0.39, 0.29) is 11.7 Å². The van der Waals surface area contributed by atoms with Gasteiger partial charge in [-0.2, -0.15) is 0 Å². The summed E-state index contributed by atoms with van der Waals surface area (Å²) in [5, 5.41) is 15.2. The first-order valence-corrected chi connectivity index (χ1v) is 10.9. The predicted molar refractivity (Wildman–Crippen MR) is 114 cm³/mol. The Balaban J connectivity index is 1.71. The summed E-state index contributed by atoms with van der Waals surface area (Å²) in [6, 6.07) is 4.96. The Morgan fingerprint density at radius 3 is 2.70 bits per heavy atom. The molecule has 0 unspecified atom stereocenters. The third-order valence-corrected chi connectivity index (χ3v) is 6.63. The Kier molecular flexibility index (Phi) is 6.47. The minimum atomic E-state index is -0.168. The van der Waals surface area contributed by atoms with Crippen LogP contribution in [0.3, 0.4) is 0 Å². The first kappa shape index (κ1) is 20.2. The maximum Gasteiger partial charge on any atom is 0.234 e. The fourth-order valence-corrected chi connectivity index (χ4v) is 4.64. The van der Waals surface area contributed by atoms with Gasteiger partial charge in [0, 0.05) is 27.4 Å². The Hall–Kier alpha value is -1.54. The molecule has 2 heterocycles. The average molecular weight is 441 g/mol. The molecular weight excluding hydrogens is 423 g/mol. The molecule has 1 N–H and O–H groups in total. The van der Waals surface area contributed by atoms with Gasteiger partial charge in [-0.3, -0.25) is 4.79 Å². The van der Waals surface area contributed by atoms with Gasteiger partial charge >= 0.3 is 0 Å². The molecule has 0 aliphatic rings. The minimum absolute atomic E-state index is 0.168. The summed E-state index contributed by atoms with van der Waals surface area (Å²) in [5.41, 5.74) is 2.85. The highest BCUT2D eigenvalue weighted by molar-refractivity contribution is 7.99. The van der Waals surface area contributed by atoms with Crippen LogP contribution < -0.4 is 5.32 Å². The van der Waals surface area contributed by atoms with Crippen molar-refractivity contribution in [3.8, 4) is 11.4 Å². The molecule has 0 radical (unpaired) electrons. The number of hydrogen-bond acceptors (Lipinski definition) is 5. The number of nitrogens with one attached hydrogen (secondary N) is 1. The number of hydrogen-bond donors (Lipinski definition) is 1. The number of benzene rings is 1. The number of rotatable bonds is 6. The standard InChI is InChI=1S/C18H18Cl2N4OS2/c1-4-24-17(13-8-26-11(3)10(13)2)22-23-18(24)27-9-16(25)21-15-6-5-12(19)7-14(15)20/h5-8H,4,9H2,1-3H3,(H,21,25). The molecule has 1 aromatic carbocycles. The Labute approximate surface area is 176 Å². The number of aryl methyl sites for hydroxylation is 1. The fourth-order valence-electron chi connectivity index (χ4n) is 2.52. The largest absolute Gasteiger partial charge is 0.324 e. The molecule has 0 fully saturated rings. The van der Waals surface area contributed by atoms with Crippen LogP contribution in [-0.4, -0.2) is 26.4 Å². The molecule has 1 amide bonds. The maximum atomic E-state index is 12.3. The van der Waals surface area contributed by atoms with Crippen LogP contribution >= 0.6 is 46.3 Å². The third-order valence-electron chi connectivity index (χ3n) is 4.10. The van der Waals surface area contributed by atoms with Gasteiger partial charge in [0.25, 0.3) is 0 Å². The lowest BCUT2D eigenvalue weighted by Gasteiger charge is -2.09. The minimum Gasteiger partial charge on any atom is -0.324 e. The van der Waals surface area contributed by atoms with Gasteiger partial charge in [0.1, 0.15) is 0 Å². The zero-order valence-electron chi connectivity index (χ0n) is 15.0. The van der Waals surface area contributed by atoms with E-state index in [1.54, 1.807) is 29.5 Å². The summed E-state index contributed by atoms with van der Waals surface area (Å²) < 4.78 is 2.03. The average Bonchev–Trinajstić information content (AvgIpc) is 3.18. The summed E-state index contributed by atoms with van der Waals surface area (Å²) in [4.78, 5) is 13.5. The molecule has 0 aliphatic heterocycles. The highest BCUT2D eigenvalue weighted by Gasteiger charge is 2.18. The summed E-state index contributed by atoms with van der Waals surface area (Å²) in [7, 11) is 0. The van der Waals surface area contributed by atoms with Crippen LogP contribution in [-0.2, 0) is 11.3 Å². The summed E-state index contributed by atoms with van der Waals surface area (Å²) in [6.45, 7) is 6.95. The van der Waals surface area contributed by atoms with Crippen molar-refractivity contribution in [3.63, 3.8) is 0 Å². The summed E-state index contributed by atoms with van der Waals surface area (Å²) in [5.74, 6) is 0.876. The second-order valence-electron chi connectivity index (χ2n) is 5.84. The van der Waals surface area contributed by atoms with Gasteiger partial charge in [0.15, 0.2) is 11.0 Å². The van der Waals surface area contributed by atoms with E-state index in [1.807, 2.05) is 11.5 Å². The molecule has 142 valence electrons. The van der Waals surface area contributed by atoms with E-state index in [1.165, 1.54) is 22.2 Å². The Bertz CT molecular complexity index is 984. The van der Waals surface area contributed by atoms with Gasteiger partial charge < -0.3 is 9.88 Å². The number of carbonyl (C=O) groups excluding carboxylic acids is 1. The predicted octanol–water partition coefficient (Wildman–Crippen LogP) is 5.68. The number of thiophene rings is 1. The van der Waals surface area contributed by atoms with Crippen molar-refractivity contribution in [2.45, 2.75) is 32.5 Å². The number of thioether (sulfide) groups is 1. The van der Waals surface area contributed by atoms with E-state index in [0.29, 0.717) is 20.9 Å². The van der Waals surface area contributed by atoms with Crippen molar-refractivity contribution >= 4 is 57.9 Å². The highest BCUT2D eigenvalue weighted by Crippen LogP contribution is 2.31. The smallest absolute Gasteiger partial charge is 0.234 e. The Morgan fingerprint density at radius 2 is 2.07 bits per heavy atom. The van der Waals surface area contributed by atoms with E-state index in [9.17, 15) is 4.79 Å². The Morgan fingerprint density at radius 1 is 1.30 bits per heavy atom. The van der Waals surface area contributed by atoms with Crippen molar-refractivity contribution in [1.29, 1.82) is 0 Å². The summed E-state index contributed by atoms with van der Waals surface area (Å²) in [6.07, 6.45) is 0. The van der Waals surface area contributed by atoms with Gasteiger partial charge in [-0.05, 0) is 44.5 Å². The van der Waals surface area contributed by atoms with Crippen LogP contribution in [0.25, 0.3) is 11.4 Å². The lowest BCUT2D eigenvalue weighted by molar-refractivity contribution is -0.113. The second-order valence-corrected chi connectivity index (χ2v) is 8.71. The molecule has 3 rings (SSSR count). The summed E-state index contributed by atoms with van der Waals surface area (Å²) >= 11 is 15.0. The van der Waals surface area contributed by atoms with Crippen molar-refractivity contribution in [2.75, 3.05) is 11.1 Å². The molecule has 0 saturated heterocycles. The van der Waals surface area contributed by atoms with Crippen molar-refractivity contribution in [1.82, 2.24) is 14.8 Å². The number of carbonyl (C=O) groups is 1. The van der Waals surface area contributed by atoms with Crippen molar-refractivity contribution < 1.29 is 4.79 Å². The molecule has 9 heteroatoms. The molecule has 5 nitrogen and oxygen atoms in total. The number of amides is 1. The zero-order valence-corrected chi connectivity index (χ0v) is 18.2. The second kappa shape index (κ2) is 8.65. The van der Waals surface area contributed by atoms with Crippen LogP contribution in [0.1, 0.15) is 17.4 Å². The van der Waals surface area contributed by atoms with Crippen LogP contribution in [0.2, 0.25) is 10.0 Å². The quantitative estimate of drug-likeness (QED) is 0.500. The van der Waals surface area contributed by atoms with E-state index in [2.05, 4.69) is 34.7 Å². The van der Waals surface area contributed by atoms with Crippen LogP contribution in [0.4, 0.5) is 5.69 Å². The lowest BCUT2D eigenvalue weighted by Crippen LogP contribution is -2.15. The zero-order chi connectivity index (χ0) is 19.6. The fraction of sp³-hybridized carbons (Fsp3) is 0.278. The number of halogens is 2. The molecular formula is C18H18Cl2N4OS2. The lowest BCUT2D eigenvalue weighted by atomic mass is 10.1. The molecule has 0 bridgehead atoms. The van der Waals surface area contributed by atoms with Crippen molar-refractivity contribution in [2.24, 2.45) is 0 Å². The monoisotopic (exact) mass is 440 g/mol. The van der Waals surface area contributed by atoms with E-state index in [4.69, 9.17) is 23.2 Å². The van der Waals surface area contributed by atoms with Gasteiger partial charge in [-0.25, -0.2) is 0 Å². The van der Waals surface area contributed by atoms with E-state index < -0.39 is 0 Å². The topological polar surface area (TPSA) is 59.8 Å². The molecule has 2 aromatic heterocycles. The van der Waals surface area contributed by atoms with Gasteiger partial charge in [0.05, 0.1) is 16.5 Å². The van der Waals surface area contributed by atoms with Crippen molar-refractivity contribution in [3.05, 3.63) is 44.1 Å². The van der Waals surface area contributed by atoms with E-state index >= 15 is 0 Å². The molecule has 3 aromatic rings. The first-order valence-electron chi connectivity index (χ1n) is 8.26. The van der Waals surface area contributed by atoms with Crippen LogP contribution in [0, 0.1) is 13.8 Å². The highest BCUT2D eigenvalue weighted by atomic mass is 35.5.